The summed E-state index contributed by atoms with van der Waals surface area (Å²) >= 11 is 0. The monoisotopic (exact) mass is 681 g/mol. The summed E-state index contributed by atoms with van der Waals surface area (Å²) in [6.45, 7) is 0. The van der Waals surface area contributed by atoms with Crippen LogP contribution in [0.25, 0.3) is 82.1 Å². The Kier molecular flexibility index (Phi) is 5.52. The van der Waals surface area contributed by atoms with Gasteiger partial charge in [-0.05, 0) is 94.0 Å². The fraction of sp³-hybridized carbons (Fsp3) is 0. The second-order valence-corrected chi connectivity index (χ2v) is 13.4. The topological polar surface area (TPSA) is 21.3 Å². The number of para-hydroxylation sites is 3. The number of fused-ring (bicyclic) bond motifs is 9. The standard InChI is InChI=1S/C50H32N2O/c1-2-11-33(12-3-1)34-21-26-38(27-22-34)51(47-19-10-13-36-25-30-44-43-16-6-9-20-48(43)53-50(44)49(36)47)39-28-23-35-24-29-40(32-37(35)31-39)52-45-17-7-4-14-41(45)42-15-5-8-18-46(42)52/h1-32H/i1D,2D,3D,11D,12D. The number of hydrogen-bond donors (Lipinski definition) is 0. The summed E-state index contributed by atoms with van der Waals surface area (Å²) in [5.74, 6) is 0. The third-order valence-electron chi connectivity index (χ3n) is 10.4. The molecule has 0 amide bonds. The molecule has 0 bridgehead atoms. The summed E-state index contributed by atoms with van der Waals surface area (Å²) in [5, 5.41) is 8.64. The Hall–Kier alpha value is -7.10. The van der Waals surface area contributed by atoms with E-state index in [0.29, 0.717) is 5.56 Å². The van der Waals surface area contributed by atoms with E-state index in [2.05, 4.69) is 131 Å². The number of aromatic nitrogens is 1. The zero-order valence-corrected chi connectivity index (χ0v) is 28.4. The van der Waals surface area contributed by atoms with Gasteiger partial charge in [0.05, 0.1) is 23.6 Å². The van der Waals surface area contributed by atoms with Crippen molar-refractivity contribution in [2.75, 3.05) is 4.90 Å². The Labute approximate surface area is 313 Å². The van der Waals surface area contributed by atoms with Gasteiger partial charge in [0.15, 0.2) is 0 Å². The maximum Gasteiger partial charge on any atom is 0.145 e. The Balaban J connectivity index is 1.14. The van der Waals surface area contributed by atoms with Crippen molar-refractivity contribution in [3.8, 4) is 16.8 Å². The van der Waals surface area contributed by atoms with Crippen molar-refractivity contribution in [3.63, 3.8) is 0 Å². The lowest BCUT2D eigenvalue weighted by molar-refractivity contribution is 0.672. The minimum Gasteiger partial charge on any atom is -0.455 e. The Morgan fingerprint density at radius 3 is 1.94 bits per heavy atom. The molecule has 2 heterocycles. The van der Waals surface area contributed by atoms with E-state index in [9.17, 15) is 0 Å². The minimum atomic E-state index is -0.410. The van der Waals surface area contributed by atoms with Crippen molar-refractivity contribution >= 4 is 82.4 Å². The van der Waals surface area contributed by atoms with E-state index >= 15 is 0 Å². The summed E-state index contributed by atoms with van der Waals surface area (Å²) in [4.78, 5) is 2.22. The molecule has 248 valence electrons. The number of hydrogen-bond acceptors (Lipinski definition) is 2. The third kappa shape index (κ3) is 4.68. The van der Waals surface area contributed by atoms with E-state index in [-0.39, 0.29) is 29.7 Å². The lowest BCUT2D eigenvalue weighted by Crippen LogP contribution is -2.10. The highest BCUT2D eigenvalue weighted by Gasteiger charge is 2.20. The Morgan fingerprint density at radius 1 is 0.472 bits per heavy atom. The number of benzene rings is 9. The highest BCUT2D eigenvalue weighted by Crippen LogP contribution is 2.45. The van der Waals surface area contributed by atoms with Crippen molar-refractivity contribution in [2.24, 2.45) is 0 Å². The molecule has 3 heteroatoms. The smallest absolute Gasteiger partial charge is 0.145 e. The summed E-state index contributed by atoms with van der Waals surface area (Å²) in [7, 11) is 0. The molecule has 11 rings (SSSR count). The highest BCUT2D eigenvalue weighted by molar-refractivity contribution is 6.19. The first kappa shape index (κ1) is 25.0. The number of anilines is 3. The van der Waals surface area contributed by atoms with Crippen LogP contribution in [0.15, 0.2) is 198 Å². The summed E-state index contributed by atoms with van der Waals surface area (Å²) in [6, 6.07) is 54.7. The summed E-state index contributed by atoms with van der Waals surface area (Å²) < 4.78 is 50.9. The predicted octanol–water partition coefficient (Wildman–Crippen LogP) is 14.1. The van der Waals surface area contributed by atoms with Crippen LogP contribution in [0, 0.1) is 0 Å². The summed E-state index contributed by atoms with van der Waals surface area (Å²) in [5.41, 5.74) is 8.33. The zero-order chi connectivity index (χ0) is 39.2. The quantitative estimate of drug-likeness (QED) is 0.180. The molecule has 0 atom stereocenters. The molecule has 0 radical (unpaired) electrons. The van der Waals surface area contributed by atoms with Crippen LogP contribution in [-0.4, -0.2) is 4.57 Å². The molecule has 0 aliphatic carbocycles. The van der Waals surface area contributed by atoms with Gasteiger partial charge in [-0.2, -0.15) is 0 Å². The average molecular weight is 682 g/mol. The van der Waals surface area contributed by atoms with E-state index in [4.69, 9.17) is 11.3 Å². The van der Waals surface area contributed by atoms with Crippen molar-refractivity contribution in [1.29, 1.82) is 0 Å². The van der Waals surface area contributed by atoms with E-state index in [1.165, 1.54) is 10.8 Å². The van der Waals surface area contributed by atoms with Gasteiger partial charge in [-0.15, -0.1) is 0 Å². The predicted molar refractivity (Wildman–Crippen MR) is 223 cm³/mol. The van der Waals surface area contributed by atoms with Gasteiger partial charge >= 0.3 is 0 Å². The summed E-state index contributed by atoms with van der Waals surface area (Å²) in [6.07, 6.45) is 0. The van der Waals surface area contributed by atoms with Gasteiger partial charge < -0.3 is 13.9 Å². The zero-order valence-electron chi connectivity index (χ0n) is 33.4. The molecule has 0 aliphatic rings. The van der Waals surface area contributed by atoms with Crippen molar-refractivity contribution in [3.05, 3.63) is 194 Å². The van der Waals surface area contributed by atoms with Gasteiger partial charge in [0, 0.05) is 44.0 Å². The molecular formula is C50H32N2O. The second kappa shape index (κ2) is 11.7. The second-order valence-electron chi connectivity index (χ2n) is 13.4. The number of rotatable bonds is 5. The molecule has 0 fully saturated rings. The fourth-order valence-electron chi connectivity index (χ4n) is 8.02. The van der Waals surface area contributed by atoms with Crippen LogP contribution in [0.5, 0.6) is 0 Å². The maximum absolute atomic E-state index is 8.63. The molecule has 0 spiro atoms. The first-order chi connectivity index (χ1) is 28.4. The normalized spacial score (nSPS) is 13.1. The molecule has 0 N–H and O–H groups in total. The molecule has 11 aromatic rings. The van der Waals surface area contributed by atoms with Gasteiger partial charge in [-0.1, -0.05) is 127 Å². The van der Waals surface area contributed by atoms with Crippen LogP contribution in [0.4, 0.5) is 17.1 Å². The lowest BCUT2D eigenvalue weighted by Gasteiger charge is -2.27. The van der Waals surface area contributed by atoms with E-state index in [1.54, 1.807) is 0 Å². The Bertz CT molecular complexity index is 3400. The maximum atomic E-state index is 8.63. The van der Waals surface area contributed by atoms with E-state index in [1.807, 2.05) is 42.5 Å². The van der Waals surface area contributed by atoms with Gasteiger partial charge in [-0.3, -0.25) is 0 Å². The lowest BCUT2D eigenvalue weighted by atomic mass is 10.0. The first-order valence-electron chi connectivity index (χ1n) is 20.2. The van der Waals surface area contributed by atoms with Crippen LogP contribution in [-0.2, 0) is 0 Å². The molecule has 0 saturated carbocycles. The molecule has 0 aliphatic heterocycles. The van der Waals surface area contributed by atoms with Crippen LogP contribution in [0.1, 0.15) is 6.85 Å². The van der Waals surface area contributed by atoms with Gasteiger partial charge in [-0.25, -0.2) is 0 Å². The average Bonchev–Trinajstić information content (AvgIpc) is 3.82. The molecule has 53 heavy (non-hydrogen) atoms. The number of nitrogens with zero attached hydrogens (tertiary/aromatic N) is 2. The third-order valence-corrected chi connectivity index (χ3v) is 10.4. The SMILES string of the molecule is [2H]c1c([2H])c([2H])c(-c2ccc(N(c3ccc4ccc(-n5c6ccccc6c6ccccc65)cc4c3)c3cccc4ccc5c6ccccc6oc5c34)cc2)c([2H])c1[2H]. The van der Waals surface area contributed by atoms with E-state index < -0.39 is 6.04 Å². The van der Waals surface area contributed by atoms with Crippen molar-refractivity contribution in [2.45, 2.75) is 0 Å². The largest absolute Gasteiger partial charge is 0.455 e. The molecule has 0 saturated heterocycles. The minimum absolute atomic E-state index is 0.168. The first-order valence-corrected chi connectivity index (χ1v) is 17.7. The fourth-order valence-corrected chi connectivity index (χ4v) is 8.02. The van der Waals surface area contributed by atoms with Crippen molar-refractivity contribution < 1.29 is 11.3 Å². The number of furan rings is 1. The van der Waals surface area contributed by atoms with Gasteiger partial charge in [0.2, 0.25) is 0 Å². The molecule has 0 unspecified atom stereocenters. The van der Waals surface area contributed by atoms with Crippen LogP contribution < -0.4 is 4.90 Å². The molecular weight excluding hydrogens is 645 g/mol. The van der Waals surface area contributed by atoms with Gasteiger partial charge in [0.1, 0.15) is 11.2 Å². The molecule has 3 nitrogen and oxygen atoms in total. The van der Waals surface area contributed by atoms with Gasteiger partial charge in [0.25, 0.3) is 0 Å². The Morgan fingerprint density at radius 2 is 1.15 bits per heavy atom. The van der Waals surface area contributed by atoms with Crippen LogP contribution in [0.3, 0.4) is 0 Å². The van der Waals surface area contributed by atoms with Crippen LogP contribution in [0.2, 0.25) is 0 Å². The van der Waals surface area contributed by atoms with E-state index in [0.717, 1.165) is 77.3 Å². The molecule has 9 aromatic carbocycles. The highest BCUT2D eigenvalue weighted by atomic mass is 16.3. The molecule has 2 aromatic heterocycles. The van der Waals surface area contributed by atoms with Crippen LogP contribution >= 0.6 is 0 Å². The van der Waals surface area contributed by atoms with Crippen molar-refractivity contribution in [1.82, 2.24) is 4.57 Å².